The largest absolute Gasteiger partial charge is 0.445 e. The molecule has 1 aromatic carbocycles. The molecule has 1 N–H and O–H groups in total. The van der Waals surface area contributed by atoms with Gasteiger partial charge in [0.15, 0.2) is 0 Å². The van der Waals surface area contributed by atoms with Crippen LogP contribution in [0.1, 0.15) is 32.8 Å². The minimum atomic E-state index is -0.587. The maximum Gasteiger partial charge on any atom is 0.410 e. The first kappa shape index (κ1) is 19.5. The molecule has 2 fully saturated rings. The summed E-state index contributed by atoms with van der Waals surface area (Å²) in [7, 11) is 0. The molecule has 3 rings (SSSR count). The molecule has 7 nitrogen and oxygen atoms in total. The second-order valence-electron chi connectivity index (χ2n) is 8.16. The number of rotatable bonds is 3. The summed E-state index contributed by atoms with van der Waals surface area (Å²) < 4.78 is 11.0. The lowest BCUT2D eigenvalue weighted by molar-refractivity contribution is 0.0167. The number of likely N-dealkylation sites (tertiary alicyclic amines) is 2. The molecule has 27 heavy (non-hydrogen) atoms. The Labute approximate surface area is 159 Å². The Morgan fingerprint density at radius 3 is 2.48 bits per heavy atom. The predicted molar refractivity (Wildman–Crippen MR) is 99.0 cm³/mol. The Kier molecular flexibility index (Phi) is 5.60. The minimum Gasteiger partial charge on any atom is -0.445 e. The summed E-state index contributed by atoms with van der Waals surface area (Å²) >= 11 is 0. The van der Waals surface area contributed by atoms with Gasteiger partial charge in [-0.25, -0.2) is 9.59 Å². The number of hydrogen-bond donors (Lipinski definition) is 1. The number of benzene rings is 1. The molecule has 0 aromatic heterocycles. The summed E-state index contributed by atoms with van der Waals surface area (Å²) in [6.45, 7) is 6.45. The van der Waals surface area contributed by atoms with E-state index in [0.717, 1.165) is 5.56 Å². The molecule has 1 aromatic rings. The molecule has 2 saturated heterocycles. The molecule has 0 unspecified atom stereocenters. The SMILES string of the molecule is CC(C)(C)OC(=O)N1CC[C@@H]2[C@H]1[C@@H](CO)CN2C(=O)OCc1ccccc1. The van der Waals surface area contributed by atoms with Crippen molar-refractivity contribution in [2.45, 2.75) is 51.5 Å². The van der Waals surface area contributed by atoms with Gasteiger partial charge in [0, 0.05) is 25.6 Å². The number of nitrogens with zero attached hydrogens (tertiary/aromatic N) is 2. The highest BCUT2D eigenvalue weighted by Gasteiger charge is 2.52. The monoisotopic (exact) mass is 376 g/mol. The van der Waals surface area contributed by atoms with Crippen molar-refractivity contribution >= 4 is 12.2 Å². The summed E-state index contributed by atoms with van der Waals surface area (Å²) in [6, 6.07) is 9.10. The molecule has 0 spiro atoms. The van der Waals surface area contributed by atoms with Gasteiger partial charge < -0.3 is 24.4 Å². The van der Waals surface area contributed by atoms with E-state index in [1.165, 1.54) is 0 Å². The molecule has 2 heterocycles. The lowest BCUT2D eigenvalue weighted by atomic mass is 10.0. The Balaban J connectivity index is 1.66. The zero-order chi connectivity index (χ0) is 19.6. The van der Waals surface area contributed by atoms with E-state index >= 15 is 0 Å². The highest BCUT2D eigenvalue weighted by Crippen LogP contribution is 2.36. The Morgan fingerprint density at radius 2 is 1.85 bits per heavy atom. The van der Waals surface area contributed by atoms with Crippen molar-refractivity contribution in [2.75, 3.05) is 19.7 Å². The number of amides is 2. The number of fused-ring (bicyclic) bond motifs is 1. The fourth-order valence-electron chi connectivity index (χ4n) is 3.92. The van der Waals surface area contributed by atoms with Gasteiger partial charge in [-0.05, 0) is 32.8 Å². The summed E-state index contributed by atoms with van der Waals surface area (Å²) in [5.41, 5.74) is 0.332. The maximum atomic E-state index is 12.6. The van der Waals surface area contributed by atoms with E-state index in [9.17, 15) is 14.7 Å². The molecule has 0 radical (unpaired) electrons. The van der Waals surface area contributed by atoms with Gasteiger partial charge in [0.25, 0.3) is 0 Å². The van der Waals surface area contributed by atoms with E-state index in [4.69, 9.17) is 9.47 Å². The maximum absolute atomic E-state index is 12.6. The van der Waals surface area contributed by atoms with Gasteiger partial charge in [-0.1, -0.05) is 30.3 Å². The van der Waals surface area contributed by atoms with Gasteiger partial charge in [-0.2, -0.15) is 0 Å². The van der Waals surface area contributed by atoms with Crippen molar-refractivity contribution in [1.82, 2.24) is 9.80 Å². The van der Waals surface area contributed by atoms with Gasteiger partial charge in [-0.3, -0.25) is 0 Å². The topological polar surface area (TPSA) is 79.3 Å². The molecule has 0 aliphatic carbocycles. The molecule has 2 aliphatic rings. The third-order valence-corrected chi connectivity index (χ3v) is 5.04. The summed E-state index contributed by atoms with van der Waals surface area (Å²) in [5, 5.41) is 9.80. The second kappa shape index (κ2) is 7.76. The third kappa shape index (κ3) is 4.35. The number of hydrogen-bond acceptors (Lipinski definition) is 5. The van der Waals surface area contributed by atoms with Gasteiger partial charge in [0.05, 0.1) is 12.1 Å². The van der Waals surface area contributed by atoms with E-state index in [-0.39, 0.29) is 31.2 Å². The lowest BCUT2D eigenvalue weighted by Gasteiger charge is -2.30. The zero-order valence-corrected chi connectivity index (χ0v) is 16.1. The van der Waals surface area contributed by atoms with Crippen LogP contribution in [0, 0.1) is 5.92 Å². The Bertz CT molecular complexity index is 673. The molecule has 0 saturated carbocycles. The highest BCUT2D eigenvalue weighted by atomic mass is 16.6. The second-order valence-corrected chi connectivity index (χ2v) is 8.16. The minimum absolute atomic E-state index is 0.0943. The average molecular weight is 376 g/mol. The fraction of sp³-hybridized carbons (Fsp3) is 0.600. The molecule has 2 amide bonds. The molecule has 148 valence electrons. The van der Waals surface area contributed by atoms with Crippen molar-refractivity contribution in [3.05, 3.63) is 35.9 Å². The van der Waals surface area contributed by atoms with Crippen LogP contribution in [0.5, 0.6) is 0 Å². The molecular formula is C20H28N2O5. The summed E-state index contributed by atoms with van der Waals surface area (Å²) in [5.74, 6) is -0.200. The van der Waals surface area contributed by atoms with E-state index in [1.54, 1.807) is 9.80 Å². The number of aliphatic hydroxyl groups excluding tert-OH is 1. The fourth-order valence-corrected chi connectivity index (χ4v) is 3.92. The molecule has 0 bridgehead atoms. The van der Waals surface area contributed by atoms with Crippen LogP contribution in [-0.4, -0.2) is 64.5 Å². The molecular weight excluding hydrogens is 348 g/mol. The summed E-state index contributed by atoms with van der Waals surface area (Å²) in [6.07, 6.45) is -0.148. The quantitative estimate of drug-likeness (QED) is 0.877. The summed E-state index contributed by atoms with van der Waals surface area (Å²) in [4.78, 5) is 28.5. The zero-order valence-electron chi connectivity index (χ0n) is 16.1. The van der Waals surface area contributed by atoms with Crippen LogP contribution < -0.4 is 0 Å². The van der Waals surface area contributed by atoms with E-state index < -0.39 is 17.8 Å². The van der Waals surface area contributed by atoms with Gasteiger partial charge in [0.1, 0.15) is 12.2 Å². The van der Waals surface area contributed by atoms with Crippen LogP contribution in [0.15, 0.2) is 30.3 Å². The van der Waals surface area contributed by atoms with Crippen molar-refractivity contribution in [2.24, 2.45) is 5.92 Å². The van der Waals surface area contributed by atoms with E-state index in [2.05, 4.69) is 0 Å². The third-order valence-electron chi connectivity index (χ3n) is 5.04. The standard InChI is InChI=1S/C20H28N2O5/c1-20(2,3)27-19(25)21-10-9-16-17(21)15(12-23)11-22(16)18(24)26-13-14-7-5-4-6-8-14/h4-8,15-17,23H,9-13H2,1-3H3/t15-,16-,17-/m1/s1. The number of ether oxygens (including phenoxy) is 2. The normalized spacial score (nSPS) is 24.7. The molecule has 2 aliphatic heterocycles. The van der Waals surface area contributed by atoms with Crippen LogP contribution in [0.25, 0.3) is 0 Å². The lowest BCUT2D eigenvalue weighted by Crippen LogP contribution is -2.45. The first-order chi connectivity index (χ1) is 12.8. The molecule has 3 atom stereocenters. The Morgan fingerprint density at radius 1 is 1.15 bits per heavy atom. The smallest absolute Gasteiger partial charge is 0.410 e. The van der Waals surface area contributed by atoms with Crippen LogP contribution in [0.4, 0.5) is 9.59 Å². The van der Waals surface area contributed by atoms with Gasteiger partial charge in [-0.15, -0.1) is 0 Å². The number of carbonyl (C=O) groups is 2. The van der Waals surface area contributed by atoms with Gasteiger partial charge >= 0.3 is 12.2 Å². The van der Waals surface area contributed by atoms with Crippen LogP contribution in [0.3, 0.4) is 0 Å². The number of aliphatic hydroxyl groups is 1. The van der Waals surface area contributed by atoms with E-state index in [1.807, 2.05) is 51.1 Å². The van der Waals surface area contributed by atoms with Crippen molar-refractivity contribution in [1.29, 1.82) is 0 Å². The first-order valence-electron chi connectivity index (χ1n) is 9.38. The first-order valence-corrected chi connectivity index (χ1v) is 9.38. The average Bonchev–Trinajstić information content (AvgIpc) is 3.19. The van der Waals surface area contributed by atoms with Crippen LogP contribution in [-0.2, 0) is 16.1 Å². The number of carbonyl (C=O) groups excluding carboxylic acids is 2. The highest BCUT2D eigenvalue weighted by molar-refractivity contribution is 5.72. The van der Waals surface area contributed by atoms with Crippen molar-refractivity contribution in [3.8, 4) is 0 Å². The molecule has 7 heteroatoms. The Hall–Kier alpha value is -2.28. The van der Waals surface area contributed by atoms with E-state index in [0.29, 0.717) is 19.5 Å². The van der Waals surface area contributed by atoms with Gasteiger partial charge in [0.2, 0.25) is 0 Å². The van der Waals surface area contributed by atoms with Crippen molar-refractivity contribution in [3.63, 3.8) is 0 Å². The van der Waals surface area contributed by atoms with Crippen LogP contribution >= 0.6 is 0 Å². The predicted octanol–water partition coefficient (Wildman–Crippen LogP) is 2.63. The van der Waals surface area contributed by atoms with Crippen molar-refractivity contribution < 1.29 is 24.2 Å². The van der Waals surface area contributed by atoms with Crippen LogP contribution in [0.2, 0.25) is 0 Å².